The number of hydrogen-bond acceptors (Lipinski definition) is 11. The van der Waals surface area contributed by atoms with Crippen LogP contribution in [-0.4, -0.2) is 139 Å². The van der Waals surface area contributed by atoms with Gasteiger partial charge in [0.2, 0.25) is 23.6 Å². The first-order chi connectivity index (χ1) is 30.0. The Morgan fingerprint density at radius 1 is 0.839 bits per heavy atom. The smallest absolute Gasteiger partial charge is 0.378 e. The maximum atomic E-state index is 13.3. The standard InChI is InChI=1S/C44H58F3N9O6/c1-54-38(57)26-35(39(54)32-3-2-13-48-27-32)42(59)50-15-21-61-23-24-62-22-20-55-16-10-30(11-17-55)29-4-6-31(7-5-29)41(58)49-14-19-56-18-12-37(43(56)60)53-40-34-25-33(44(45,46)47)8-9-36(34)51-28-52-40/h2-3,8-9,13,25,27-31,35,37,39H,4-7,10-12,14-24,26H2,1H3,(H,49,58)(H,50,59)(H,51,52,53)/t29-,31-,35-,37-,39+/m0/s1. The second-order valence-corrected chi connectivity index (χ2v) is 16.9. The predicted molar refractivity (Wildman–Crippen MR) is 223 cm³/mol. The van der Waals surface area contributed by atoms with Crippen molar-refractivity contribution in [2.75, 3.05) is 84.6 Å². The van der Waals surface area contributed by atoms with Crippen LogP contribution in [0.5, 0.6) is 0 Å². The molecule has 62 heavy (non-hydrogen) atoms. The van der Waals surface area contributed by atoms with E-state index in [2.05, 4.69) is 35.8 Å². The third-order valence-corrected chi connectivity index (χ3v) is 13.1. The quantitative estimate of drug-likeness (QED) is 0.158. The molecule has 3 saturated heterocycles. The molecule has 1 saturated carbocycles. The Hall–Kier alpha value is -4.94. The fourth-order valence-corrected chi connectivity index (χ4v) is 9.57. The minimum atomic E-state index is -4.51. The molecule has 336 valence electrons. The van der Waals surface area contributed by atoms with Gasteiger partial charge in [0.1, 0.15) is 18.2 Å². The van der Waals surface area contributed by atoms with Gasteiger partial charge in [-0.3, -0.25) is 24.2 Å². The summed E-state index contributed by atoms with van der Waals surface area (Å²) in [6.45, 7) is 6.37. The molecule has 0 unspecified atom stereocenters. The molecule has 4 amide bonds. The molecule has 0 spiro atoms. The molecule has 3 atom stereocenters. The highest BCUT2D eigenvalue weighted by molar-refractivity contribution is 5.93. The minimum absolute atomic E-state index is 0.0284. The molecule has 7 rings (SSSR count). The SMILES string of the molecule is CN1C(=O)C[C@H](C(=O)NCCOCCOCCN2CCC([C@H]3CC[C@H](C(=O)NCCN4CC[C@H](Nc5ncnc6ccc(C(F)(F)F)cc56)C4=O)CC3)CC2)[C@H]1c1cccnc1. The molecular formula is C44H58F3N9O6. The molecule has 1 aromatic carbocycles. The monoisotopic (exact) mass is 865 g/mol. The second-order valence-electron chi connectivity index (χ2n) is 16.9. The normalized spacial score (nSPS) is 23.9. The van der Waals surface area contributed by atoms with Crippen LogP contribution in [0.2, 0.25) is 0 Å². The largest absolute Gasteiger partial charge is 0.416 e. The van der Waals surface area contributed by atoms with Gasteiger partial charge in [-0.15, -0.1) is 0 Å². The number of ether oxygens (including phenoxy) is 2. The van der Waals surface area contributed by atoms with Crippen molar-refractivity contribution in [2.24, 2.45) is 23.7 Å². The Balaban J connectivity index is 0.707. The number of carbonyl (C=O) groups excluding carboxylic acids is 4. The third-order valence-electron chi connectivity index (χ3n) is 13.1. The maximum absolute atomic E-state index is 13.3. The van der Waals surface area contributed by atoms with E-state index in [1.54, 1.807) is 35.3 Å². The summed E-state index contributed by atoms with van der Waals surface area (Å²) in [5.41, 5.74) is 0.384. The van der Waals surface area contributed by atoms with Crippen molar-refractivity contribution in [1.29, 1.82) is 0 Å². The molecule has 15 nitrogen and oxygen atoms in total. The molecule has 4 aliphatic rings. The second kappa shape index (κ2) is 21.0. The summed E-state index contributed by atoms with van der Waals surface area (Å²) in [6.07, 6.45) is 6.85. The van der Waals surface area contributed by atoms with Gasteiger partial charge in [0.15, 0.2) is 0 Å². The Labute approximate surface area is 359 Å². The molecule has 3 N–H and O–H groups in total. The fraction of sp³-hybridized carbons (Fsp3) is 0.614. The number of carbonyl (C=O) groups is 4. The van der Waals surface area contributed by atoms with Crippen molar-refractivity contribution in [3.05, 3.63) is 60.2 Å². The van der Waals surface area contributed by atoms with Crippen LogP contribution in [0.3, 0.4) is 0 Å². The van der Waals surface area contributed by atoms with Crippen LogP contribution in [0.1, 0.15) is 68.5 Å². The van der Waals surface area contributed by atoms with Crippen molar-refractivity contribution >= 4 is 40.3 Å². The Kier molecular flexibility index (Phi) is 15.2. The summed E-state index contributed by atoms with van der Waals surface area (Å²) in [7, 11) is 1.72. The first-order valence-electron chi connectivity index (χ1n) is 21.9. The summed E-state index contributed by atoms with van der Waals surface area (Å²) >= 11 is 0. The lowest BCUT2D eigenvalue weighted by atomic mass is 9.72. The van der Waals surface area contributed by atoms with Crippen LogP contribution < -0.4 is 16.0 Å². The number of nitrogens with one attached hydrogen (secondary N) is 3. The third kappa shape index (κ3) is 11.4. The number of halogens is 3. The van der Waals surface area contributed by atoms with Gasteiger partial charge < -0.3 is 40.1 Å². The van der Waals surface area contributed by atoms with Crippen LogP contribution >= 0.6 is 0 Å². The lowest BCUT2D eigenvalue weighted by Crippen LogP contribution is -2.42. The number of hydrogen-bond donors (Lipinski definition) is 3. The van der Waals surface area contributed by atoms with Crippen molar-refractivity contribution in [1.82, 2.24) is 40.3 Å². The highest BCUT2D eigenvalue weighted by atomic mass is 19.4. The summed E-state index contributed by atoms with van der Waals surface area (Å²) in [6, 6.07) is 6.00. The van der Waals surface area contributed by atoms with Crippen LogP contribution in [0.4, 0.5) is 19.0 Å². The van der Waals surface area contributed by atoms with Crippen molar-refractivity contribution < 1.29 is 41.8 Å². The number of likely N-dealkylation sites (tertiary alicyclic amines) is 3. The van der Waals surface area contributed by atoms with E-state index in [0.29, 0.717) is 76.4 Å². The van der Waals surface area contributed by atoms with E-state index < -0.39 is 23.7 Å². The first kappa shape index (κ1) is 45.1. The number of fused-ring (bicyclic) bond motifs is 1. The van der Waals surface area contributed by atoms with E-state index in [0.717, 1.165) is 75.9 Å². The van der Waals surface area contributed by atoms with Crippen LogP contribution in [0, 0.1) is 23.7 Å². The number of pyridine rings is 1. The maximum Gasteiger partial charge on any atom is 0.416 e. The molecular weight excluding hydrogens is 808 g/mol. The van der Waals surface area contributed by atoms with E-state index in [-0.39, 0.29) is 53.2 Å². The number of aromatic nitrogens is 3. The molecule has 0 radical (unpaired) electrons. The van der Waals surface area contributed by atoms with Gasteiger partial charge in [-0.2, -0.15) is 13.2 Å². The number of rotatable bonds is 18. The molecule has 3 aliphatic heterocycles. The number of amides is 4. The highest BCUT2D eigenvalue weighted by Crippen LogP contribution is 2.39. The van der Waals surface area contributed by atoms with Crippen molar-refractivity contribution in [3.8, 4) is 0 Å². The summed E-state index contributed by atoms with van der Waals surface area (Å²) in [4.78, 5) is 69.6. The zero-order chi connectivity index (χ0) is 43.6. The average Bonchev–Trinajstić information content (AvgIpc) is 3.78. The van der Waals surface area contributed by atoms with Gasteiger partial charge >= 0.3 is 6.18 Å². The van der Waals surface area contributed by atoms with E-state index in [1.807, 2.05) is 6.07 Å². The molecule has 5 heterocycles. The van der Waals surface area contributed by atoms with E-state index >= 15 is 0 Å². The van der Waals surface area contributed by atoms with Crippen molar-refractivity contribution in [3.63, 3.8) is 0 Å². The van der Waals surface area contributed by atoms with Gasteiger partial charge in [0, 0.05) is 69.9 Å². The highest BCUT2D eigenvalue weighted by Gasteiger charge is 2.43. The van der Waals surface area contributed by atoms with Gasteiger partial charge in [-0.25, -0.2) is 9.97 Å². The topological polar surface area (TPSA) is 171 Å². The van der Waals surface area contributed by atoms with Crippen molar-refractivity contribution in [2.45, 2.75) is 69.6 Å². The van der Waals surface area contributed by atoms with Gasteiger partial charge in [0.25, 0.3) is 0 Å². The van der Waals surface area contributed by atoms with Crippen LogP contribution in [0.25, 0.3) is 10.9 Å². The van der Waals surface area contributed by atoms with Crippen LogP contribution in [0.15, 0.2) is 49.1 Å². The van der Waals surface area contributed by atoms with E-state index in [4.69, 9.17) is 9.47 Å². The predicted octanol–water partition coefficient (Wildman–Crippen LogP) is 4.06. The van der Waals surface area contributed by atoms with Gasteiger partial charge in [-0.05, 0) is 99.7 Å². The Morgan fingerprint density at radius 2 is 1.58 bits per heavy atom. The molecule has 0 bridgehead atoms. The zero-order valence-corrected chi connectivity index (χ0v) is 35.3. The number of benzene rings is 1. The van der Waals surface area contributed by atoms with E-state index in [9.17, 15) is 32.3 Å². The average molecular weight is 866 g/mol. The molecule has 18 heteroatoms. The van der Waals surface area contributed by atoms with E-state index in [1.165, 1.54) is 12.4 Å². The minimum Gasteiger partial charge on any atom is -0.378 e. The van der Waals surface area contributed by atoms with Crippen LogP contribution in [-0.2, 0) is 34.8 Å². The molecule has 4 fully saturated rings. The summed E-state index contributed by atoms with van der Waals surface area (Å²) in [5.74, 6) is 0.610. The molecule has 2 aromatic heterocycles. The number of anilines is 1. The number of piperidine rings is 1. The first-order valence-corrected chi connectivity index (χ1v) is 21.9. The number of nitrogens with zero attached hydrogens (tertiary/aromatic N) is 6. The number of alkyl halides is 3. The Morgan fingerprint density at radius 3 is 2.32 bits per heavy atom. The molecule has 1 aliphatic carbocycles. The van der Waals surface area contributed by atoms with Gasteiger partial charge in [-0.1, -0.05) is 6.07 Å². The zero-order valence-electron chi connectivity index (χ0n) is 35.3. The van der Waals surface area contributed by atoms with Gasteiger partial charge in [0.05, 0.1) is 49.5 Å². The Bertz CT molecular complexity index is 2000. The lowest BCUT2D eigenvalue weighted by molar-refractivity contribution is -0.137. The fourth-order valence-electron chi connectivity index (χ4n) is 9.57. The summed E-state index contributed by atoms with van der Waals surface area (Å²) < 4.78 is 51.5. The molecule has 3 aromatic rings. The summed E-state index contributed by atoms with van der Waals surface area (Å²) in [5, 5.41) is 9.18. The lowest BCUT2D eigenvalue weighted by Gasteiger charge is -2.39.